The Morgan fingerprint density at radius 3 is 2.38 bits per heavy atom. The molecule has 1 aliphatic heterocycles. The summed E-state index contributed by atoms with van der Waals surface area (Å²) in [5, 5.41) is 20.1. The number of fused-ring (bicyclic) bond motifs is 1. The van der Waals surface area contributed by atoms with Gasteiger partial charge in [0.2, 0.25) is 0 Å². The van der Waals surface area contributed by atoms with E-state index >= 15 is 0 Å². The van der Waals surface area contributed by atoms with Crippen LogP contribution in [0.1, 0.15) is 17.0 Å². The van der Waals surface area contributed by atoms with Crippen LogP contribution in [0.3, 0.4) is 0 Å². The molecule has 1 heterocycles. The number of benzene rings is 2. The molecule has 2 aliphatic rings. The number of rotatable bonds is 6. The van der Waals surface area contributed by atoms with Crippen molar-refractivity contribution >= 4 is 5.84 Å². The molecule has 0 aromatic heterocycles. The van der Waals surface area contributed by atoms with Crippen molar-refractivity contribution in [1.29, 1.82) is 10.5 Å². The van der Waals surface area contributed by atoms with Crippen molar-refractivity contribution in [2.75, 3.05) is 14.2 Å². The first-order valence-electron chi connectivity index (χ1n) is 9.10. The molecule has 7 nitrogen and oxygen atoms in total. The van der Waals surface area contributed by atoms with Crippen LogP contribution in [0.5, 0.6) is 5.75 Å². The van der Waals surface area contributed by atoms with Crippen molar-refractivity contribution in [2.45, 2.75) is 18.4 Å². The molecule has 2 aromatic carbocycles. The lowest BCUT2D eigenvalue weighted by Crippen LogP contribution is -2.41. The summed E-state index contributed by atoms with van der Waals surface area (Å²) in [6.45, 7) is 0.408. The molecule has 4 rings (SSSR count). The van der Waals surface area contributed by atoms with Crippen molar-refractivity contribution in [1.82, 2.24) is 0 Å². The zero-order valence-corrected chi connectivity index (χ0v) is 16.1. The van der Waals surface area contributed by atoms with Crippen molar-refractivity contribution in [3.05, 3.63) is 65.7 Å². The van der Waals surface area contributed by atoms with E-state index < -0.39 is 22.7 Å². The lowest BCUT2D eigenvalue weighted by molar-refractivity contribution is -0.230. The first-order chi connectivity index (χ1) is 14.0. The van der Waals surface area contributed by atoms with Gasteiger partial charge in [-0.15, -0.1) is 0 Å². The maximum atomic E-state index is 10.1. The van der Waals surface area contributed by atoms with Gasteiger partial charge in [0.25, 0.3) is 5.91 Å². The van der Waals surface area contributed by atoms with Gasteiger partial charge in [-0.2, -0.15) is 10.5 Å². The Morgan fingerprint density at radius 1 is 1.03 bits per heavy atom. The monoisotopic (exact) mass is 388 g/mol. The zero-order chi connectivity index (χ0) is 20.7. The van der Waals surface area contributed by atoms with E-state index in [0.29, 0.717) is 12.4 Å². The Kier molecular flexibility index (Phi) is 4.31. The maximum absolute atomic E-state index is 10.1. The summed E-state index contributed by atoms with van der Waals surface area (Å²) >= 11 is 0. The van der Waals surface area contributed by atoms with Crippen LogP contribution >= 0.6 is 0 Å². The van der Waals surface area contributed by atoms with Crippen molar-refractivity contribution in [3.63, 3.8) is 0 Å². The van der Waals surface area contributed by atoms with E-state index in [-0.39, 0.29) is 5.84 Å². The van der Waals surface area contributed by atoms with Crippen LogP contribution < -0.4 is 10.5 Å². The van der Waals surface area contributed by atoms with Gasteiger partial charge in [-0.25, -0.2) is 4.99 Å². The van der Waals surface area contributed by atoms with Gasteiger partial charge in [-0.3, -0.25) is 0 Å². The smallest absolute Gasteiger partial charge is 0.292 e. The summed E-state index contributed by atoms with van der Waals surface area (Å²) in [6, 6.07) is 21.6. The van der Waals surface area contributed by atoms with Crippen LogP contribution in [0.15, 0.2) is 59.6 Å². The quantitative estimate of drug-likeness (QED) is 0.761. The first kappa shape index (κ1) is 18.9. The Bertz CT molecular complexity index is 1050. The maximum Gasteiger partial charge on any atom is 0.292 e. The number of ether oxygens (including phenoxy) is 3. The molecule has 7 heteroatoms. The fourth-order valence-electron chi connectivity index (χ4n) is 4.55. The number of aliphatic imine (C=N–C) groups is 1. The van der Waals surface area contributed by atoms with Crippen LogP contribution in [-0.4, -0.2) is 26.0 Å². The molecule has 1 saturated carbocycles. The third-order valence-electron chi connectivity index (χ3n) is 5.92. The van der Waals surface area contributed by atoms with E-state index in [9.17, 15) is 10.5 Å². The average Bonchev–Trinajstić information content (AvgIpc) is 3.35. The number of nitriles is 2. The molecule has 1 fully saturated rings. The largest absolute Gasteiger partial charge is 0.489 e. The molecule has 1 aliphatic carbocycles. The number of hydrogen-bond acceptors (Lipinski definition) is 7. The van der Waals surface area contributed by atoms with Gasteiger partial charge < -0.3 is 19.9 Å². The van der Waals surface area contributed by atoms with Crippen molar-refractivity contribution in [2.24, 2.45) is 21.6 Å². The van der Waals surface area contributed by atoms with E-state index in [0.717, 1.165) is 11.1 Å². The minimum Gasteiger partial charge on any atom is -0.489 e. The molecule has 0 saturated heterocycles. The van der Waals surface area contributed by atoms with Crippen molar-refractivity contribution in [3.8, 4) is 17.9 Å². The highest BCUT2D eigenvalue weighted by molar-refractivity contribution is 6.00. The Morgan fingerprint density at radius 2 is 1.76 bits per heavy atom. The summed E-state index contributed by atoms with van der Waals surface area (Å²) in [7, 11) is 2.78. The molecular formula is C22H20N4O3. The third-order valence-corrected chi connectivity index (χ3v) is 5.92. The molecule has 0 bridgehead atoms. The van der Waals surface area contributed by atoms with Gasteiger partial charge in [0, 0.05) is 20.1 Å². The summed E-state index contributed by atoms with van der Waals surface area (Å²) in [5.41, 5.74) is 5.23. The second kappa shape index (κ2) is 6.59. The lowest BCUT2D eigenvalue weighted by atomic mass is 9.93. The number of hydrogen-bond donors (Lipinski definition) is 1. The minimum atomic E-state index is -1.63. The van der Waals surface area contributed by atoms with E-state index in [1.165, 1.54) is 14.2 Å². The Hall–Kier alpha value is -3.39. The van der Waals surface area contributed by atoms with Gasteiger partial charge in [0.1, 0.15) is 23.6 Å². The highest BCUT2D eigenvalue weighted by Crippen LogP contribution is 2.81. The molecular weight excluding hydrogens is 368 g/mol. The predicted molar refractivity (Wildman–Crippen MR) is 104 cm³/mol. The standard InChI is InChI=1S/C22H20N4O3/c1-27-22(28-2)21(14-24)18(20(21,13-23)19(25)26-22)16-9-6-10-17(11-16)29-12-15-7-4-3-5-8-15/h3-11,18H,12H2,1-2H3,(H2,25,26). The first-order valence-corrected chi connectivity index (χ1v) is 9.10. The second-order valence-corrected chi connectivity index (χ2v) is 7.11. The molecule has 2 N–H and O–H groups in total. The zero-order valence-electron chi connectivity index (χ0n) is 16.1. The third kappa shape index (κ3) is 2.26. The Balaban J connectivity index is 1.70. The summed E-state index contributed by atoms with van der Waals surface area (Å²) in [5.74, 6) is -1.50. The Labute approximate surface area is 168 Å². The highest BCUT2D eigenvalue weighted by Gasteiger charge is 2.93. The highest BCUT2D eigenvalue weighted by atomic mass is 16.7. The van der Waals surface area contributed by atoms with Gasteiger partial charge in [0.05, 0.1) is 12.1 Å². The van der Waals surface area contributed by atoms with Gasteiger partial charge >= 0.3 is 0 Å². The minimum absolute atomic E-state index is 0.0471. The number of methoxy groups -OCH3 is 2. The molecule has 3 atom stereocenters. The van der Waals surface area contributed by atoms with Crippen LogP contribution in [0.4, 0.5) is 0 Å². The second-order valence-electron chi connectivity index (χ2n) is 7.11. The normalized spacial score (nSPS) is 28.6. The number of nitrogens with two attached hydrogens (primary N) is 1. The fraction of sp³-hybridized carbons (Fsp3) is 0.318. The van der Waals surface area contributed by atoms with Crippen LogP contribution in [0, 0.1) is 33.5 Å². The molecule has 146 valence electrons. The summed E-state index contributed by atoms with van der Waals surface area (Å²) in [6.07, 6.45) is 0. The molecule has 0 spiro atoms. The van der Waals surface area contributed by atoms with E-state index in [1.807, 2.05) is 54.6 Å². The lowest BCUT2D eigenvalue weighted by Gasteiger charge is -2.29. The molecule has 2 aromatic rings. The van der Waals surface area contributed by atoms with Crippen LogP contribution in [-0.2, 0) is 16.1 Å². The van der Waals surface area contributed by atoms with Crippen LogP contribution in [0.25, 0.3) is 0 Å². The SMILES string of the molecule is COC1(OC)N=C(N)C2(C#N)C(c3cccc(OCc4ccccc4)c3)C12C#N. The predicted octanol–water partition coefficient (Wildman–Crippen LogP) is 2.70. The van der Waals surface area contributed by atoms with Gasteiger partial charge in [-0.05, 0) is 23.3 Å². The summed E-state index contributed by atoms with van der Waals surface area (Å²) in [4.78, 5) is 4.22. The average molecular weight is 388 g/mol. The van der Waals surface area contributed by atoms with Gasteiger partial charge in [0.15, 0.2) is 5.41 Å². The van der Waals surface area contributed by atoms with E-state index in [1.54, 1.807) is 0 Å². The molecule has 29 heavy (non-hydrogen) atoms. The van der Waals surface area contributed by atoms with Crippen LogP contribution in [0.2, 0.25) is 0 Å². The summed E-state index contributed by atoms with van der Waals surface area (Å²) < 4.78 is 16.9. The number of amidine groups is 1. The molecule has 0 amide bonds. The number of nitrogens with zero attached hydrogens (tertiary/aromatic N) is 3. The van der Waals surface area contributed by atoms with Gasteiger partial charge in [-0.1, -0.05) is 42.5 Å². The van der Waals surface area contributed by atoms with E-state index in [2.05, 4.69) is 17.1 Å². The van der Waals surface area contributed by atoms with E-state index in [4.69, 9.17) is 19.9 Å². The molecule has 0 radical (unpaired) electrons. The fourth-order valence-corrected chi connectivity index (χ4v) is 4.55. The molecule has 3 unspecified atom stereocenters. The topological polar surface area (TPSA) is 114 Å². The van der Waals surface area contributed by atoms with Crippen molar-refractivity contribution < 1.29 is 14.2 Å².